The van der Waals surface area contributed by atoms with Crippen LogP contribution in [0.15, 0.2) is 48.5 Å². The predicted molar refractivity (Wildman–Crippen MR) is 73.6 cm³/mol. The first-order valence-electron chi connectivity index (χ1n) is 6.08. The van der Waals surface area contributed by atoms with Crippen molar-refractivity contribution in [3.63, 3.8) is 0 Å². The second-order valence-electron chi connectivity index (χ2n) is 4.23. The van der Waals surface area contributed by atoms with Gasteiger partial charge in [0.05, 0.1) is 7.11 Å². The number of para-hydroxylation sites is 1. The van der Waals surface area contributed by atoms with Gasteiger partial charge in [0.2, 0.25) is 0 Å². The molecule has 0 aliphatic carbocycles. The normalized spacial score (nSPS) is 10.0. The van der Waals surface area contributed by atoms with Crippen molar-refractivity contribution in [3.8, 4) is 11.5 Å². The van der Waals surface area contributed by atoms with Crippen LogP contribution in [0.4, 0.5) is 0 Å². The summed E-state index contributed by atoms with van der Waals surface area (Å²) in [5.74, 6) is 1.14. The first-order valence-corrected chi connectivity index (χ1v) is 6.08. The maximum absolute atomic E-state index is 11.1. The van der Waals surface area contributed by atoms with Gasteiger partial charge in [-0.1, -0.05) is 30.3 Å². The lowest BCUT2D eigenvalue weighted by molar-refractivity contribution is -0.131. The quantitative estimate of drug-likeness (QED) is 0.622. The molecule has 0 heterocycles. The molecule has 2 aromatic carbocycles. The Morgan fingerprint density at radius 3 is 2.37 bits per heavy atom. The molecule has 98 valence electrons. The number of methoxy groups -OCH3 is 1. The van der Waals surface area contributed by atoms with E-state index in [2.05, 4.69) is 0 Å². The maximum atomic E-state index is 11.1. The van der Waals surface area contributed by atoms with Gasteiger partial charge in [0.15, 0.2) is 0 Å². The van der Waals surface area contributed by atoms with E-state index in [1.807, 2.05) is 42.5 Å². The molecule has 3 nitrogen and oxygen atoms in total. The maximum Gasteiger partial charge on any atom is 0.308 e. The van der Waals surface area contributed by atoms with Crippen LogP contribution in [0.1, 0.15) is 18.1 Å². The van der Waals surface area contributed by atoms with E-state index in [9.17, 15) is 4.79 Å². The third-order valence-corrected chi connectivity index (χ3v) is 2.78. The number of hydrogen-bond donors (Lipinski definition) is 0. The van der Waals surface area contributed by atoms with Crippen molar-refractivity contribution in [2.45, 2.75) is 13.3 Å². The van der Waals surface area contributed by atoms with E-state index >= 15 is 0 Å². The van der Waals surface area contributed by atoms with E-state index in [0.29, 0.717) is 12.2 Å². The Kier molecular flexibility index (Phi) is 4.18. The number of benzene rings is 2. The largest absolute Gasteiger partial charge is 0.497 e. The SMILES string of the molecule is COc1ccc(Cc2ccccc2OC(C)=O)cc1. The summed E-state index contributed by atoms with van der Waals surface area (Å²) in [7, 11) is 1.64. The molecule has 0 unspecified atom stereocenters. The lowest BCUT2D eigenvalue weighted by atomic mass is 10.0. The summed E-state index contributed by atoms with van der Waals surface area (Å²) in [5, 5.41) is 0. The Labute approximate surface area is 112 Å². The zero-order valence-corrected chi connectivity index (χ0v) is 11.1. The number of ether oxygens (including phenoxy) is 2. The van der Waals surface area contributed by atoms with Crippen LogP contribution in [0.5, 0.6) is 11.5 Å². The number of carbonyl (C=O) groups is 1. The third kappa shape index (κ3) is 3.58. The molecule has 0 saturated carbocycles. The summed E-state index contributed by atoms with van der Waals surface area (Å²) >= 11 is 0. The molecule has 0 fully saturated rings. The molecule has 0 spiro atoms. The number of rotatable bonds is 4. The minimum atomic E-state index is -0.304. The summed E-state index contributed by atoms with van der Waals surface area (Å²) < 4.78 is 10.3. The van der Waals surface area contributed by atoms with Crippen LogP contribution in [0, 0.1) is 0 Å². The molecule has 19 heavy (non-hydrogen) atoms. The highest BCUT2D eigenvalue weighted by Crippen LogP contribution is 2.22. The molecule has 0 radical (unpaired) electrons. The number of hydrogen-bond acceptors (Lipinski definition) is 3. The Bertz CT molecular complexity index is 558. The minimum Gasteiger partial charge on any atom is -0.497 e. The van der Waals surface area contributed by atoms with Crippen molar-refractivity contribution in [1.29, 1.82) is 0 Å². The molecule has 0 amide bonds. The molecule has 0 N–H and O–H groups in total. The van der Waals surface area contributed by atoms with Crippen molar-refractivity contribution >= 4 is 5.97 Å². The van der Waals surface area contributed by atoms with Gasteiger partial charge in [-0.25, -0.2) is 0 Å². The molecular formula is C16H16O3. The van der Waals surface area contributed by atoms with E-state index in [0.717, 1.165) is 16.9 Å². The van der Waals surface area contributed by atoms with Crippen molar-refractivity contribution in [2.24, 2.45) is 0 Å². The molecule has 0 saturated heterocycles. The van der Waals surface area contributed by atoms with Gasteiger partial charge in [-0.15, -0.1) is 0 Å². The molecule has 2 aromatic rings. The fraction of sp³-hybridized carbons (Fsp3) is 0.188. The highest BCUT2D eigenvalue weighted by molar-refractivity contribution is 5.69. The summed E-state index contributed by atoms with van der Waals surface area (Å²) in [5.41, 5.74) is 2.13. The zero-order valence-electron chi connectivity index (χ0n) is 11.1. The second kappa shape index (κ2) is 6.05. The highest BCUT2D eigenvalue weighted by Gasteiger charge is 2.06. The van der Waals surface area contributed by atoms with E-state index in [1.165, 1.54) is 6.92 Å². The molecule has 0 aromatic heterocycles. The standard InChI is InChI=1S/C16H16O3/c1-12(17)19-16-6-4-3-5-14(16)11-13-7-9-15(18-2)10-8-13/h3-10H,11H2,1-2H3. The smallest absolute Gasteiger partial charge is 0.308 e. The molecule has 0 atom stereocenters. The van der Waals surface area contributed by atoms with E-state index in [4.69, 9.17) is 9.47 Å². The van der Waals surface area contributed by atoms with Gasteiger partial charge in [0.1, 0.15) is 11.5 Å². The number of esters is 1. The van der Waals surface area contributed by atoms with Gasteiger partial charge < -0.3 is 9.47 Å². The van der Waals surface area contributed by atoms with Crippen molar-refractivity contribution in [2.75, 3.05) is 7.11 Å². The summed E-state index contributed by atoms with van der Waals surface area (Å²) in [4.78, 5) is 11.1. The fourth-order valence-electron chi connectivity index (χ4n) is 1.87. The van der Waals surface area contributed by atoms with E-state index in [-0.39, 0.29) is 5.97 Å². The molecule has 0 aliphatic rings. The highest BCUT2D eigenvalue weighted by atomic mass is 16.5. The van der Waals surface area contributed by atoms with Gasteiger partial charge in [-0.05, 0) is 29.3 Å². The van der Waals surface area contributed by atoms with Crippen molar-refractivity contribution in [3.05, 3.63) is 59.7 Å². The number of carbonyl (C=O) groups excluding carboxylic acids is 1. The Morgan fingerprint density at radius 1 is 1.05 bits per heavy atom. The van der Waals surface area contributed by atoms with Crippen LogP contribution in [0.25, 0.3) is 0 Å². The first-order chi connectivity index (χ1) is 9.19. The average molecular weight is 256 g/mol. The van der Waals surface area contributed by atoms with Crippen molar-refractivity contribution < 1.29 is 14.3 Å². The van der Waals surface area contributed by atoms with Gasteiger partial charge in [0, 0.05) is 13.3 Å². The Hall–Kier alpha value is -2.29. The molecule has 0 aliphatic heterocycles. The van der Waals surface area contributed by atoms with Crippen LogP contribution in [0.3, 0.4) is 0 Å². The molecular weight excluding hydrogens is 240 g/mol. The van der Waals surface area contributed by atoms with Gasteiger partial charge in [-0.3, -0.25) is 4.79 Å². The summed E-state index contributed by atoms with van der Waals surface area (Å²) in [6.45, 7) is 1.41. The van der Waals surface area contributed by atoms with Crippen LogP contribution in [0.2, 0.25) is 0 Å². The van der Waals surface area contributed by atoms with E-state index in [1.54, 1.807) is 13.2 Å². The van der Waals surface area contributed by atoms with Crippen molar-refractivity contribution in [1.82, 2.24) is 0 Å². The molecule has 0 bridgehead atoms. The topological polar surface area (TPSA) is 35.5 Å². The predicted octanol–water partition coefficient (Wildman–Crippen LogP) is 3.21. The Balaban J connectivity index is 2.19. The van der Waals surface area contributed by atoms with E-state index < -0.39 is 0 Å². The van der Waals surface area contributed by atoms with Gasteiger partial charge >= 0.3 is 5.97 Å². The zero-order chi connectivity index (χ0) is 13.7. The molecule has 3 heteroatoms. The lowest BCUT2D eigenvalue weighted by Gasteiger charge is -2.09. The Morgan fingerprint density at radius 2 is 1.74 bits per heavy atom. The minimum absolute atomic E-state index is 0.304. The molecule has 2 rings (SSSR count). The van der Waals surface area contributed by atoms with Crippen LogP contribution >= 0.6 is 0 Å². The van der Waals surface area contributed by atoms with Gasteiger partial charge in [0.25, 0.3) is 0 Å². The van der Waals surface area contributed by atoms with Gasteiger partial charge in [-0.2, -0.15) is 0 Å². The van der Waals surface area contributed by atoms with Crippen LogP contribution in [-0.2, 0) is 11.2 Å². The lowest BCUT2D eigenvalue weighted by Crippen LogP contribution is -2.04. The summed E-state index contributed by atoms with van der Waals surface area (Å²) in [6.07, 6.45) is 0.716. The fourth-order valence-corrected chi connectivity index (χ4v) is 1.87. The van der Waals surface area contributed by atoms with Crippen LogP contribution in [-0.4, -0.2) is 13.1 Å². The third-order valence-electron chi connectivity index (χ3n) is 2.78. The second-order valence-corrected chi connectivity index (χ2v) is 4.23. The van der Waals surface area contributed by atoms with Crippen LogP contribution < -0.4 is 9.47 Å². The first kappa shape index (κ1) is 13.1. The average Bonchev–Trinajstić information content (AvgIpc) is 2.41. The monoisotopic (exact) mass is 256 g/mol. The summed E-state index contributed by atoms with van der Waals surface area (Å²) in [6, 6.07) is 15.4.